The molecule has 2 aromatic carbocycles. The number of aryl methyl sites for hydroxylation is 2. The highest BCUT2D eigenvalue weighted by atomic mass is 19.1. The van der Waals surface area contributed by atoms with Gasteiger partial charge in [-0.25, -0.2) is 9.37 Å². The Balaban J connectivity index is 1.64. The molecule has 36 heavy (non-hydrogen) atoms. The maximum atomic E-state index is 14.1. The third kappa shape index (κ3) is 3.77. The number of rotatable bonds is 7. The SMILES string of the molecule is COc1cc2nc(C3(C)CCCN3C(=O)c3cc(C)ccc3-n3nccn3)n(CCF)c2cc1OC. The number of hydrogen-bond acceptors (Lipinski definition) is 6. The number of carbonyl (C=O) groups excluding carboxylic acids is 1. The number of ether oxygens (including phenoxy) is 2. The summed E-state index contributed by atoms with van der Waals surface area (Å²) in [6.45, 7) is 4.06. The summed E-state index contributed by atoms with van der Waals surface area (Å²) in [5.41, 5.74) is 2.72. The molecule has 1 amide bonds. The molecule has 9 nitrogen and oxygen atoms in total. The van der Waals surface area contributed by atoms with Crippen LogP contribution in [0.1, 0.15) is 41.5 Å². The molecule has 1 aliphatic heterocycles. The van der Waals surface area contributed by atoms with Crippen LogP contribution >= 0.6 is 0 Å². The molecule has 0 bridgehead atoms. The summed E-state index contributed by atoms with van der Waals surface area (Å²) in [7, 11) is 3.13. The quantitative estimate of drug-likeness (QED) is 0.387. The van der Waals surface area contributed by atoms with Gasteiger partial charge in [-0.05, 0) is 38.8 Å². The number of imidazole rings is 1. The molecule has 0 N–H and O–H groups in total. The molecule has 188 valence electrons. The minimum Gasteiger partial charge on any atom is -0.493 e. The number of halogens is 1. The lowest BCUT2D eigenvalue weighted by Gasteiger charge is -2.35. The van der Waals surface area contributed by atoms with Gasteiger partial charge in [-0.1, -0.05) is 11.6 Å². The average molecular weight is 493 g/mol. The highest BCUT2D eigenvalue weighted by molar-refractivity contribution is 5.98. The zero-order valence-corrected chi connectivity index (χ0v) is 20.9. The number of hydrogen-bond donors (Lipinski definition) is 0. The van der Waals surface area contributed by atoms with Crippen molar-refractivity contribution in [3.05, 3.63) is 59.7 Å². The first-order chi connectivity index (χ1) is 17.4. The van der Waals surface area contributed by atoms with Crippen molar-refractivity contribution in [2.45, 2.75) is 38.8 Å². The Labute approximate surface area is 208 Å². The molecule has 3 heterocycles. The van der Waals surface area contributed by atoms with E-state index < -0.39 is 12.2 Å². The number of carbonyl (C=O) groups is 1. The maximum absolute atomic E-state index is 14.1. The van der Waals surface area contributed by atoms with E-state index in [2.05, 4.69) is 10.2 Å². The number of methoxy groups -OCH3 is 2. The lowest BCUT2D eigenvalue weighted by molar-refractivity contribution is 0.0597. The van der Waals surface area contributed by atoms with Crippen LogP contribution in [-0.4, -0.2) is 62.8 Å². The highest BCUT2D eigenvalue weighted by Crippen LogP contribution is 2.42. The molecule has 1 aliphatic rings. The molecule has 1 unspecified atom stereocenters. The van der Waals surface area contributed by atoms with Gasteiger partial charge in [0.1, 0.15) is 12.5 Å². The van der Waals surface area contributed by atoms with Crippen LogP contribution in [0.2, 0.25) is 0 Å². The van der Waals surface area contributed by atoms with E-state index in [1.807, 2.05) is 47.6 Å². The third-order valence-electron chi connectivity index (χ3n) is 6.95. The Bertz CT molecular complexity index is 1420. The maximum Gasteiger partial charge on any atom is 0.256 e. The number of benzene rings is 2. The van der Waals surface area contributed by atoms with Gasteiger partial charge in [0.2, 0.25) is 0 Å². The Morgan fingerprint density at radius 1 is 1.11 bits per heavy atom. The molecule has 0 radical (unpaired) electrons. The van der Waals surface area contributed by atoms with Gasteiger partial charge in [-0.3, -0.25) is 4.79 Å². The third-order valence-corrected chi connectivity index (χ3v) is 6.95. The second-order valence-electron chi connectivity index (χ2n) is 9.15. The lowest BCUT2D eigenvalue weighted by Crippen LogP contribution is -2.45. The molecule has 0 aliphatic carbocycles. The van der Waals surface area contributed by atoms with Crippen LogP contribution in [0.4, 0.5) is 4.39 Å². The van der Waals surface area contributed by atoms with Crippen molar-refractivity contribution < 1.29 is 18.7 Å². The Hall–Kier alpha value is -3.95. The van der Waals surface area contributed by atoms with E-state index in [9.17, 15) is 9.18 Å². The first kappa shape index (κ1) is 23.8. The van der Waals surface area contributed by atoms with Crippen LogP contribution in [0.15, 0.2) is 42.7 Å². The molecule has 0 saturated carbocycles. The zero-order chi connectivity index (χ0) is 25.4. The summed E-state index contributed by atoms with van der Waals surface area (Å²) in [5.74, 6) is 1.59. The standard InChI is InChI=1S/C26H29FN6O3/c1-17-6-7-20(33-28-10-11-29-33)18(14-17)24(34)32-12-5-8-26(32,2)25-30-19-15-22(35-3)23(36-4)16-21(19)31(25)13-9-27/h6-7,10-11,14-16H,5,8-9,12-13H2,1-4H3. The van der Waals surface area contributed by atoms with Gasteiger partial charge in [-0.15, -0.1) is 0 Å². The fourth-order valence-corrected chi connectivity index (χ4v) is 5.18. The summed E-state index contributed by atoms with van der Waals surface area (Å²) in [6.07, 6.45) is 4.66. The van der Waals surface area contributed by atoms with E-state index in [1.54, 1.807) is 32.7 Å². The van der Waals surface area contributed by atoms with Crippen LogP contribution in [0.5, 0.6) is 11.5 Å². The van der Waals surface area contributed by atoms with E-state index in [0.29, 0.717) is 47.1 Å². The normalized spacial score (nSPS) is 17.6. The molecule has 4 aromatic rings. The van der Waals surface area contributed by atoms with Gasteiger partial charge in [0.25, 0.3) is 5.91 Å². The van der Waals surface area contributed by atoms with Crippen molar-refractivity contribution in [2.75, 3.05) is 27.4 Å². The zero-order valence-electron chi connectivity index (χ0n) is 20.9. The Morgan fingerprint density at radius 3 is 2.53 bits per heavy atom. The summed E-state index contributed by atoms with van der Waals surface area (Å²) in [6, 6.07) is 9.25. The predicted molar refractivity (Wildman–Crippen MR) is 133 cm³/mol. The molecule has 10 heteroatoms. The smallest absolute Gasteiger partial charge is 0.256 e. The largest absolute Gasteiger partial charge is 0.493 e. The van der Waals surface area contributed by atoms with Gasteiger partial charge in [0, 0.05) is 18.7 Å². The number of likely N-dealkylation sites (tertiary alicyclic amines) is 1. The molecule has 0 spiro atoms. The molecule has 1 saturated heterocycles. The number of fused-ring (bicyclic) bond motifs is 1. The van der Waals surface area contributed by atoms with Gasteiger partial charge in [0.15, 0.2) is 11.5 Å². The highest BCUT2D eigenvalue weighted by Gasteiger charge is 2.45. The first-order valence-corrected chi connectivity index (χ1v) is 11.9. The molecule has 2 aromatic heterocycles. The summed E-state index contributed by atoms with van der Waals surface area (Å²) >= 11 is 0. The molecule has 5 rings (SSSR count). The van der Waals surface area contributed by atoms with Crippen molar-refractivity contribution in [3.8, 4) is 17.2 Å². The number of aromatic nitrogens is 5. The molecular formula is C26H29FN6O3. The Morgan fingerprint density at radius 2 is 1.83 bits per heavy atom. The minimum absolute atomic E-state index is 0.117. The number of nitrogens with zero attached hydrogens (tertiary/aromatic N) is 6. The first-order valence-electron chi connectivity index (χ1n) is 11.9. The van der Waals surface area contributed by atoms with Crippen molar-refractivity contribution in [3.63, 3.8) is 0 Å². The minimum atomic E-state index is -0.746. The van der Waals surface area contributed by atoms with Crippen LogP contribution in [-0.2, 0) is 12.1 Å². The molecular weight excluding hydrogens is 463 g/mol. The number of amides is 1. The van der Waals surface area contributed by atoms with E-state index in [4.69, 9.17) is 14.5 Å². The number of alkyl halides is 1. The van der Waals surface area contributed by atoms with Crippen molar-refractivity contribution in [1.82, 2.24) is 29.4 Å². The molecule has 1 atom stereocenters. The van der Waals surface area contributed by atoms with Gasteiger partial charge in [0.05, 0.1) is 61.0 Å². The predicted octanol–water partition coefficient (Wildman–Crippen LogP) is 4.06. The van der Waals surface area contributed by atoms with Crippen LogP contribution < -0.4 is 9.47 Å². The monoisotopic (exact) mass is 492 g/mol. The summed E-state index contributed by atoms with van der Waals surface area (Å²) in [5, 5.41) is 8.47. The fourth-order valence-electron chi connectivity index (χ4n) is 5.18. The van der Waals surface area contributed by atoms with E-state index in [1.165, 1.54) is 4.80 Å². The van der Waals surface area contributed by atoms with Crippen molar-refractivity contribution in [1.29, 1.82) is 0 Å². The van der Waals surface area contributed by atoms with Gasteiger partial charge < -0.3 is 18.9 Å². The Kier molecular flexibility index (Phi) is 6.11. The summed E-state index contributed by atoms with van der Waals surface area (Å²) in [4.78, 5) is 22.3. The van der Waals surface area contributed by atoms with E-state index in [-0.39, 0.29) is 12.5 Å². The van der Waals surface area contributed by atoms with Crippen LogP contribution in [0.3, 0.4) is 0 Å². The summed E-state index contributed by atoms with van der Waals surface area (Å²) < 4.78 is 26.6. The van der Waals surface area contributed by atoms with Gasteiger partial charge in [-0.2, -0.15) is 15.0 Å². The second kappa shape index (κ2) is 9.25. The van der Waals surface area contributed by atoms with E-state index in [0.717, 1.165) is 17.5 Å². The average Bonchev–Trinajstić information content (AvgIpc) is 3.63. The van der Waals surface area contributed by atoms with Crippen molar-refractivity contribution >= 4 is 16.9 Å². The lowest BCUT2D eigenvalue weighted by atomic mass is 9.96. The topological polar surface area (TPSA) is 87.3 Å². The van der Waals surface area contributed by atoms with Crippen molar-refractivity contribution in [2.24, 2.45) is 0 Å². The van der Waals surface area contributed by atoms with E-state index >= 15 is 0 Å². The molecule has 1 fully saturated rings. The van der Waals surface area contributed by atoms with Crippen LogP contribution in [0, 0.1) is 6.92 Å². The fraction of sp³-hybridized carbons (Fsp3) is 0.385. The second-order valence-corrected chi connectivity index (χ2v) is 9.15. The van der Waals surface area contributed by atoms with Gasteiger partial charge >= 0.3 is 0 Å². The van der Waals surface area contributed by atoms with Crippen LogP contribution in [0.25, 0.3) is 16.7 Å².